The molecule has 2 rings (SSSR count). The molecule has 0 saturated carbocycles. The smallest absolute Gasteiger partial charge is 0.313 e. The Balaban J connectivity index is 2.09. The Hall–Kier alpha value is -2.62. The molecule has 2 amide bonds. The van der Waals surface area contributed by atoms with Crippen LogP contribution in [0.4, 0.5) is 5.69 Å². The lowest BCUT2D eigenvalue weighted by Gasteiger charge is -2.23. The molecule has 138 valence electrons. The summed E-state index contributed by atoms with van der Waals surface area (Å²) in [6, 6.07) is 13.7. The number of hydrogen-bond acceptors (Lipinski definition) is 2. The lowest BCUT2D eigenvalue weighted by molar-refractivity contribution is -0.136. The van der Waals surface area contributed by atoms with E-state index in [1.807, 2.05) is 58.0 Å². The van der Waals surface area contributed by atoms with Crippen molar-refractivity contribution in [1.82, 2.24) is 5.32 Å². The zero-order chi connectivity index (χ0) is 19.3. The van der Waals surface area contributed by atoms with Gasteiger partial charge < -0.3 is 10.6 Å². The van der Waals surface area contributed by atoms with Gasteiger partial charge in [-0.1, -0.05) is 62.7 Å². The van der Waals surface area contributed by atoms with Crippen molar-refractivity contribution < 1.29 is 9.59 Å². The summed E-state index contributed by atoms with van der Waals surface area (Å²) in [7, 11) is 0. The second-order valence-electron chi connectivity index (χ2n) is 7.06. The Labute approximate surface area is 156 Å². The summed E-state index contributed by atoms with van der Waals surface area (Å²) in [5, 5.41) is 5.57. The number of amides is 2. The van der Waals surface area contributed by atoms with Crippen LogP contribution in [0.2, 0.25) is 0 Å². The van der Waals surface area contributed by atoms with Crippen molar-refractivity contribution in [1.29, 1.82) is 0 Å². The van der Waals surface area contributed by atoms with Crippen LogP contribution in [0.5, 0.6) is 0 Å². The third kappa shape index (κ3) is 4.94. The standard InChI is InChI=1S/C22H28N2O2/c1-6-17-8-10-18(11-9-17)20(14(2)3)24-22(26)21(25)23-19-12-7-15(4)13-16(19)5/h7-14,20H,6H2,1-5H3,(H,23,25)(H,24,26). The molecule has 0 spiro atoms. The predicted octanol–water partition coefficient (Wildman–Crippen LogP) is 4.32. The number of hydrogen-bond donors (Lipinski definition) is 2. The van der Waals surface area contributed by atoms with Crippen molar-refractivity contribution in [2.75, 3.05) is 5.32 Å². The predicted molar refractivity (Wildman–Crippen MR) is 106 cm³/mol. The number of carbonyl (C=O) groups excluding carboxylic acids is 2. The second-order valence-corrected chi connectivity index (χ2v) is 7.06. The molecule has 2 N–H and O–H groups in total. The molecular weight excluding hydrogens is 324 g/mol. The number of carbonyl (C=O) groups is 2. The van der Waals surface area contributed by atoms with Gasteiger partial charge in [0.15, 0.2) is 0 Å². The van der Waals surface area contributed by atoms with E-state index >= 15 is 0 Å². The summed E-state index contributed by atoms with van der Waals surface area (Å²) in [6.45, 7) is 10.1. The molecule has 1 unspecified atom stereocenters. The fraction of sp³-hybridized carbons (Fsp3) is 0.364. The molecule has 2 aromatic carbocycles. The first-order valence-electron chi connectivity index (χ1n) is 9.09. The molecule has 1 atom stereocenters. The lowest BCUT2D eigenvalue weighted by atomic mass is 9.95. The number of anilines is 1. The Morgan fingerprint density at radius 1 is 0.962 bits per heavy atom. The molecule has 0 aliphatic heterocycles. The van der Waals surface area contributed by atoms with Crippen LogP contribution in [0.1, 0.15) is 49.1 Å². The van der Waals surface area contributed by atoms with Crippen LogP contribution < -0.4 is 10.6 Å². The fourth-order valence-corrected chi connectivity index (χ4v) is 2.94. The molecule has 0 bridgehead atoms. The molecular formula is C22H28N2O2. The largest absolute Gasteiger partial charge is 0.341 e. The molecule has 0 heterocycles. The third-order valence-corrected chi connectivity index (χ3v) is 4.54. The van der Waals surface area contributed by atoms with Gasteiger partial charge in [-0.05, 0) is 48.9 Å². The van der Waals surface area contributed by atoms with E-state index in [2.05, 4.69) is 29.7 Å². The van der Waals surface area contributed by atoms with Gasteiger partial charge in [-0.2, -0.15) is 0 Å². The van der Waals surface area contributed by atoms with Gasteiger partial charge in [0.25, 0.3) is 0 Å². The highest BCUT2D eigenvalue weighted by atomic mass is 16.2. The topological polar surface area (TPSA) is 58.2 Å². The first kappa shape index (κ1) is 19.7. The molecule has 4 nitrogen and oxygen atoms in total. The summed E-state index contributed by atoms with van der Waals surface area (Å²) in [5.74, 6) is -1.10. The van der Waals surface area contributed by atoms with E-state index < -0.39 is 11.8 Å². The Kier molecular flexibility index (Phi) is 6.56. The Bertz CT molecular complexity index is 779. The third-order valence-electron chi connectivity index (χ3n) is 4.54. The molecule has 0 radical (unpaired) electrons. The van der Waals surface area contributed by atoms with E-state index in [9.17, 15) is 9.59 Å². The first-order valence-corrected chi connectivity index (χ1v) is 9.09. The van der Waals surface area contributed by atoms with Crippen LogP contribution in [0, 0.1) is 19.8 Å². The maximum Gasteiger partial charge on any atom is 0.313 e. The number of aryl methyl sites for hydroxylation is 3. The van der Waals surface area contributed by atoms with E-state index in [0.717, 1.165) is 23.1 Å². The van der Waals surface area contributed by atoms with Gasteiger partial charge in [0.1, 0.15) is 0 Å². The maximum atomic E-state index is 12.4. The Morgan fingerprint density at radius 3 is 2.15 bits per heavy atom. The Morgan fingerprint density at radius 2 is 1.62 bits per heavy atom. The van der Waals surface area contributed by atoms with E-state index in [1.54, 1.807) is 0 Å². The van der Waals surface area contributed by atoms with Crippen LogP contribution >= 0.6 is 0 Å². The second kappa shape index (κ2) is 8.65. The van der Waals surface area contributed by atoms with Gasteiger partial charge in [-0.15, -0.1) is 0 Å². The van der Waals surface area contributed by atoms with Gasteiger partial charge in [-0.25, -0.2) is 0 Å². The number of benzene rings is 2. The van der Waals surface area contributed by atoms with E-state index in [-0.39, 0.29) is 12.0 Å². The zero-order valence-corrected chi connectivity index (χ0v) is 16.2. The molecule has 0 aliphatic rings. The van der Waals surface area contributed by atoms with Crippen LogP contribution in [-0.4, -0.2) is 11.8 Å². The lowest BCUT2D eigenvalue weighted by Crippen LogP contribution is -2.39. The molecule has 0 saturated heterocycles. The van der Waals surface area contributed by atoms with Gasteiger partial charge in [0, 0.05) is 5.69 Å². The normalized spacial score (nSPS) is 11.9. The van der Waals surface area contributed by atoms with E-state index in [1.165, 1.54) is 5.56 Å². The van der Waals surface area contributed by atoms with Crippen LogP contribution in [-0.2, 0) is 16.0 Å². The minimum atomic E-state index is -0.646. The summed E-state index contributed by atoms with van der Waals surface area (Å²) < 4.78 is 0. The highest BCUT2D eigenvalue weighted by Gasteiger charge is 2.22. The van der Waals surface area contributed by atoms with Crippen molar-refractivity contribution in [2.24, 2.45) is 5.92 Å². The van der Waals surface area contributed by atoms with Crippen molar-refractivity contribution in [3.63, 3.8) is 0 Å². The summed E-state index contributed by atoms with van der Waals surface area (Å²) >= 11 is 0. The van der Waals surface area contributed by atoms with Gasteiger partial charge in [0.2, 0.25) is 0 Å². The SMILES string of the molecule is CCc1ccc(C(NC(=O)C(=O)Nc2ccc(C)cc2C)C(C)C)cc1. The summed E-state index contributed by atoms with van der Waals surface area (Å²) in [4.78, 5) is 24.7. The molecule has 0 fully saturated rings. The number of rotatable bonds is 5. The monoisotopic (exact) mass is 352 g/mol. The van der Waals surface area contributed by atoms with Crippen LogP contribution in [0.25, 0.3) is 0 Å². The molecule has 0 aromatic heterocycles. The van der Waals surface area contributed by atoms with Crippen molar-refractivity contribution in [3.8, 4) is 0 Å². The maximum absolute atomic E-state index is 12.4. The van der Waals surface area contributed by atoms with Gasteiger partial charge in [-0.3, -0.25) is 9.59 Å². The molecule has 4 heteroatoms. The highest BCUT2D eigenvalue weighted by molar-refractivity contribution is 6.39. The molecule has 26 heavy (non-hydrogen) atoms. The first-order chi connectivity index (χ1) is 12.3. The van der Waals surface area contributed by atoms with Crippen LogP contribution in [0.15, 0.2) is 42.5 Å². The highest BCUT2D eigenvalue weighted by Crippen LogP contribution is 2.22. The van der Waals surface area contributed by atoms with Crippen molar-refractivity contribution in [3.05, 3.63) is 64.7 Å². The fourth-order valence-electron chi connectivity index (χ4n) is 2.94. The minimum Gasteiger partial charge on any atom is -0.341 e. The van der Waals surface area contributed by atoms with E-state index in [0.29, 0.717) is 5.69 Å². The summed E-state index contributed by atoms with van der Waals surface area (Å²) in [6.07, 6.45) is 0.970. The van der Waals surface area contributed by atoms with Gasteiger partial charge >= 0.3 is 11.8 Å². The van der Waals surface area contributed by atoms with Crippen molar-refractivity contribution in [2.45, 2.75) is 47.1 Å². The van der Waals surface area contributed by atoms with Crippen LogP contribution in [0.3, 0.4) is 0 Å². The minimum absolute atomic E-state index is 0.167. The molecule has 2 aromatic rings. The average Bonchev–Trinajstić information content (AvgIpc) is 2.61. The zero-order valence-electron chi connectivity index (χ0n) is 16.2. The molecule has 0 aliphatic carbocycles. The summed E-state index contributed by atoms with van der Waals surface area (Å²) in [5.41, 5.74) is 4.95. The van der Waals surface area contributed by atoms with Gasteiger partial charge in [0.05, 0.1) is 6.04 Å². The average molecular weight is 352 g/mol. The quantitative estimate of drug-likeness (QED) is 0.788. The van der Waals surface area contributed by atoms with E-state index in [4.69, 9.17) is 0 Å². The number of nitrogens with one attached hydrogen (secondary N) is 2. The van der Waals surface area contributed by atoms with Crippen molar-refractivity contribution >= 4 is 17.5 Å².